The van der Waals surface area contributed by atoms with E-state index in [9.17, 15) is 0 Å². The van der Waals surface area contributed by atoms with Crippen LogP contribution in [0.25, 0.3) is 0 Å². The van der Waals surface area contributed by atoms with Crippen LogP contribution in [0.15, 0.2) is 22.4 Å². The molecule has 0 aliphatic carbocycles. The van der Waals surface area contributed by atoms with Crippen LogP contribution in [-0.2, 0) is 0 Å². The molecule has 0 radical (unpaired) electrons. The van der Waals surface area contributed by atoms with Crippen LogP contribution >= 0.6 is 0 Å². The minimum absolute atomic E-state index is 0.750. The highest BCUT2D eigenvalue weighted by Crippen LogP contribution is 2.03. The van der Waals surface area contributed by atoms with E-state index in [-0.39, 0.29) is 0 Å². The summed E-state index contributed by atoms with van der Waals surface area (Å²) >= 11 is 0. The van der Waals surface area contributed by atoms with E-state index in [1.54, 1.807) is 0 Å². The molecule has 7 heavy (non-hydrogen) atoms. The van der Waals surface area contributed by atoms with Crippen molar-refractivity contribution in [2.75, 3.05) is 13.1 Å². The number of hydrogen-bond acceptors (Lipinski definition) is 2. The van der Waals surface area contributed by atoms with Gasteiger partial charge in [-0.25, -0.2) is 0 Å². The van der Waals surface area contributed by atoms with E-state index in [0.29, 0.717) is 0 Å². The number of rotatable bonds is 0. The molecular formula is C5H8N2. The van der Waals surface area contributed by atoms with Crippen molar-refractivity contribution in [1.82, 2.24) is 0 Å². The number of hydrogen-bond donors (Lipinski definition) is 0. The normalized spacial score (nSPS) is 20.3. The monoisotopic (exact) mass is 96.1 g/mol. The molecule has 0 aromatic carbocycles. The molecule has 0 aromatic heterocycles. The Morgan fingerprint density at radius 2 is 2.29 bits per heavy atom. The summed E-state index contributed by atoms with van der Waals surface area (Å²) in [4.78, 5) is 0. The molecule has 2 heteroatoms. The molecule has 1 heterocycles. The van der Waals surface area contributed by atoms with Gasteiger partial charge in [0.1, 0.15) is 0 Å². The van der Waals surface area contributed by atoms with E-state index in [1.807, 2.05) is 0 Å². The highest BCUT2D eigenvalue weighted by atomic mass is 15.1. The summed E-state index contributed by atoms with van der Waals surface area (Å²) in [7, 11) is 0. The minimum Gasteiger partial charge on any atom is -0.194 e. The topological polar surface area (TPSA) is 24.7 Å². The molecule has 0 aromatic rings. The van der Waals surface area contributed by atoms with E-state index in [4.69, 9.17) is 0 Å². The van der Waals surface area contributed by atoms with E-state index < -0.39 is 0 Å². The third-order valence-corrected chi connectivity index (χ3v) is 0.960. The third kappa shape index (κ3) is 1.11. The maximum atomic E-state index is 3.79. The standard InChI is InChI=1S/C5H8N2/c1-5-2-3-6-7-4-5/h1-4H2. The van der Waals surface area contributed by atoms with Gasteiger partial charge in [-0.15, -0.1) is 0 Å². The zero-order chi connectivity index (χ0) is 5.11. The second kappa shape index (κ2) is 1.87. The minimum atomic E-state index is 0.750. The van der Waals surface area contributed by atoms with Gasteiger partial charge in [-0.05, 0) is 6.42 Å². The zero-order valence-electron chi connectivity index (χ0n) is 4.22. The molecule has 0 bridgehead atoms. The van der Waals surface area contributed by atoms with Crippen LogP contribution in [0.2, 0.25) is 0 Å². The SMILES string of the molecule is C=C1CCN=NC1. The maximum Gasteiger partial charge on any atom is 0.0807 e. The molecule has 0 unspecified atom stereocenters. The zero-order valence-corrected chi connectivity index (χ0v) is 4.22. The van der Waals surface area contributed by atoms with Crippen LogP contribution in [-0.4, -0.2) is 13.1 Å². The first-order chi connectivity index (χ1) is 3.39. The van der Waals surface area contributed by atoms with Gasteiger partial charge < -0.3 is 0 Å². The Bertz CT molecular complexity index is 105. The Balaban J connectivity index is 2.47. The summed E-state index contributed by atoms with van der Waals surface area (Å²) in [5.74, 6) is 0. The van der Waals surface area contributed by atoms with Crippen LogP contribution in [0, 0.1) is 0 Å². The van der Waals surface area contributed by atoms with Crippen molar-refractivity contribution < 1.29 is 0 Å². The van der Waals surface area contributed by atoms with Crippen molar-refractivity contribution in [3.63, 3.8) is 0 Å². The molecule has 0 saturated carbocycles. The maximum absolute atomic E-state index is 3.79. The Labute approximate surface area is 43.0 Å². The highest BCUT2D eigenvalue weighted by Gasteiger charge is 1.95. The van der Waals surface area contributed by atoms with Gasteiger partial charge in [0.05, 0.1) is 13.1 Å². The van der Waals surface area contributed by atoms with E-state index in [1.165, 1.54) is 5.57 Å². The van der Waals surface area contributed by atoms with Crippen molar-refractivity contribution >= 4 is 0 Å². The first-order valence-corrected chi connectivity index (χ1v) is 2.39. The average molecular weight is 96.1 g/mol. The Morgan fingerprint density at radius 1 is 1.43 bits per heavy atom. The molecule has 0 fully saturated rings. The van der Waals surface area contributed by atoms with Gasteiger partial charge >= 0.3 is 0 Å². The molecule has 0 N–H and O–H groups in total. The van der Waals surface area contributed by atoms with Gasteiger partial charge in [-0.2, -0.15) is 10.2 Å². The molecule has 0 amide bonds. The molecule has 0 saturated heterocycles. The summed E-state index contributed by atoms with van der Waals surface area (Å²) in [5.41, 5.74) is 1.20. The molecule has 1 rings (SSSR count). The quantitative estimate of drug-likeness (QED) is 0.407. The van der Waals surface area contributed by atoms with Crippen LogP contribution in [0.3, 0.4) is 0 Å². The molecule has 2 nitrogen and oxygen atoms in total. The van der Waals surface area contributed by atoms with Crippen LogP contribution < -0.4 is 0 Å². The van der Waals surface area contributed by atoms with Gasteiger partial charge in [0.2, 0.25) is 0 Å². The van der Waals surface area contributed by atoms with E-state index in [0.717, 1.165) is 19.5 Å². The molecule has 1 aliphatic rings. The Hall–Kier alpha value is -0.660. The largest absolute Gasteiger partial charge is 0.194 e. The molecule has 0 spiro atoms. The first kappa shape index (κ1) is 4.50. The molecular weight excluding hydrogens is 88.1 g/mol. The lowest BCUT2D eigenvalue weighted by Crippen LogP contribution is -1.94. The Morgan fingerprint density at radius 3 is 2.57 bits per heavy atom. The summed E-state index contributed by atoms with van der Waals surface area (Å²) in [6, 6.07) is 0. The molecule has 0 atom stereocenters. The van der Waals surface area contributed by atoms with Gasteiger partial charge in [0.15, 0.2) is 0 Å². The average Bonchev–Trinajstić information content (AvgIpc) is 1.69. The van der Waals surface area contributed by atoms with Crippen molar-refractivity contribution in [2.45, 2.75) is 6.42 Å². The van der Waals surface area contributed by atoms with Gasteiger partial charge in [-0.3, -0.25) is 0 Å². The molecule has 38 valence electrons. The number of nitrogens with zero attached hydrogens (tertiary/aromatic N) is 2. The lowest BCUT2D eigenvalue weighted by molar-refractivity contribution is 0.772. The third-order valence-electron chi connectivity index (χ3n) is 0.960. The summed E-state index contributed by atoms with van der Waals surface area (Å²) in [6.45, 7) is 5.36. The number of azo groups is 1. The van der Waals surface area contributed by atoms with E-state index in [2.05, 4.69) is 16.8 Å². The first-order valence-electron chi connectivity index (χ1n) is 2.39. The predicted octanol–water partition coefficient (Wildman–Crippen LogP) is 1.40. The predicted molar refractivity (Wildman–Crippen MR) is 28.3 cm³/mol. The summed E-state index contributed by atoms with van der Waals surface area (Å²) < 4.78 is 0. The second-order valence-corrected chi connectivity index (χ2v) is 1.66. The fourth-order valence-electron chi connectivity index (χ4n) is 0.508. The van der Waals surface area contributed by atoms with Crippen LogP contribution in [0.4, 0.5) is 0 Å². The smallest absolute Gasteiger partial charge is 0.0807 e. The van der Waals surface area contributed by atoms with Crippen LogP contribution in [0.5, 0.6) is 0 Å². The van der Waals surface area contributed by atoms with Crippen molar-refractivity contribution in [1.29, 1.82) is 0 Å². The lowest BCUT2D eigenvalue weighted by Gasteiger charge is -2.01. The van der Waals surface area contributed by atoms with E-state index >= 15 is 0 Å². The summed E-state index contributed by atoms with van der Waals surface area (Å²) in [6.07, 6.45) is 1.03. The fraction of sp³-hybridized carbons (Fsp3) is 0.600. The van der Waals surface area contributed by atoms with Gasteiger partial charge in [0.25, 0.3) is 0 Å². The van der Waals surface area contributed by atoms with Crippen molar-refractivity contribution in [3.05, 3.63) is 12.2 Å². The summed E-state index contributed by atoms with van der Waals surface area (Å²) in [5, 5.41) is 7.58. The van der Waals surface area contributed by atoms with Crippen LogP contribution in [0.1, 0.15) is 6.42 Å². The highest BCUT2D eigenvalue weighted by molar-refractivity contribution is 4.98. The lowest BCUT2D eigenvalue weighted by atomic mass is 10.2. The van der Waals surface area contributed by atoms with Gasteiger partial charge in [-0.1, -0.05) is 12.2 Å². The Kier molecular flexibility index (Phi) is 1.20. The second-order valence-electron chi connectivity index (χ2n) is 1.66. The van der Waals surface area contributed by atoms with Crippen molar-refractivity contribution in [3.8, 4) is 0 Å². The fourth-order valence-corrected chi connectivity index (χ4v) is 0.508. The van der Waals surface area contributed by atoms with Crippen molar-refractivity contribution in [2.24, 2.45) is 10.2 Å². The molecule has 1 aliphatic heterocycles. The van der Waals surface area contributed by atoms with Gasteiger partial charge in [0, 0.05) is 0 Å².